The molecule has 0 aliphatic heterocycles. The molecule has 0 radical (unpaired) electrons. The Morgan fingerprint density at radius 1 is 0.667 bits per heavy atom. The SMILES string of the molecule is O=[PH2+].c1ccc(Pc2ccccc2)cc1. The molecule has 2 aromatic carbocycles. The lowest BCUT2D eigenvalue weighted by atomic mass is 10.4. The van der Waals surface area contributed by atoms with Crippen molar-refractivity contribution < 1.29 is 4.57 Å². The van der Waals surface area contributed by atoms with Crippen LogP contribution in [-0.4, -0.2) is 0 Å². The molecule has 1 nitrogen and oxygen atoms in total. The van der Waals surface area contributed by atoms with Crippen molar-refractivity contribution in [3.63, 3.8) is 0 Å². The molecule has 3 heteroatoms. The highest BCUT2D eigenvalue weighted by atomic mass is 31.1. The Balaban J connectivity index is 0.000000531. The van der Waals surface area contributed by atoms with Crippen LogP contribution in [0.1, 0.15) is 0 Å². The molecule has 0 N–H and O–H groups in total. The van der Waals surface area contributed by atoms with E-state index in [1.165, 1.54) is 19.7 Å². The van der Waals surface area contributed by atoms with E-state index in [-0.39, 0.29) is 0 Å². The fourth-order valence-electron chi connectivity index (χ4n) is 1.21. The predicted molar refractivity (Wildman–Crippen MR) is 70.9 cm³/mol. The lowest BCUT2D eigenvalue weighted by Gasteiger charge is -2.00. The first-order valence-corrected chi connectivity index (χ1v) is 6.03. The van der Waals surface area contributed by atoms with Crippen LogP contribution in [0.25, 0.3) is 0 Å². The first-order valence-electron chi connectivity index (χ1n) is 4.56. The predicted octanol–water partition coefficient (Wildman–Crippen LogP) is 2.52. The van der Waals surface area contributed by atoms with Crippen LogP contribution in [0.2, 0.25) is 0 Å². The van der Waals surface area contributed by atoms with Crippen LogP contribution in [0.3, 0.4) is 0 Å². The number of benzene rings is 2. The summed E-state index contributed by atoms with van der Waals surface area (Å²) in [5.74, 6) is 0. The van der Waals surface area contributed by atoms with E-state index in [4.69, 9.17) is 4.57 Å². The van der Waals surface area contributed by atoms with Crippen LogP contribution in [0.5, 0.6) is 0 Å². The molecular formula is C12H13OP2+. The smallest absolute Gasteiger partial charge is 0.0801 e. The number of hydrogen-bond donors (Lipinski definition) is 0. The molecule has 0 amide bonds. The summed E-state index contributed by atoms with van der Waals surface area (Å²) >= 11 is 0. The maximum Gasteiger partial charge on any atom is 0.310 e. The van der Waals surface area contributed by atoms with Crippen LogP contribution >= 0.6 is 17.7 Å². The maximum absolute atomic E-state index is 8.17. The third-order valence-corrected chi connectivity index (χ3v) is 3.08. The van der Waals surface area contributed by atoms with Gasteiger partial charge in [0.2, 0.25) is 0 Å². The molecule has 0 bridgehead atoms. The van der Waals surface area contributed by atoms with Crippen molar-refractivity contribution in [1.29, 1.82) is 0 Å². The van der Waals surface area contributed by atoms with Gasteiger partial charge in [-0.15, -0.1) is 0 Å². The Kier molecular flexibility index (Phi) is 5.85. The van der Waals surface area contributed by atoms with Gasteiger partial charge in [-0.1, -0.05) is 73.8 Å². The van der Waals surface area contributed by atoms with Crippen LogP contribution < -0.4 is 10.6 Å². The molecule has 2 rings (SSSR count). The van der Waals surface area contributed by atoms with Crippen molar-refractivity contribution in [2.24, 2.45) is 0 Å². The molecule has 15 heavy (non-hydrogen) atoms. The summed E-state index contributed by atoms with van der Waals surface area (Å²) in [5, 5.41) is 2.79. The van der Waals surface area contributed by atoms with Gasteiger partial charge in [-0.25, -0.2) is 0 Å². The summed E-state index contributed by atoms with van der Waals surface area (Å²) in [4.78, 5) is 0. The monoisotopic (exact) mass is 235 g/mol. The van der Waals surface area contributed by atoms with Gasteiger partial charge in [-0.05, 0) is 10.6 Å². The molecule has 0 aromatic heterocycles. The van der Waals surface area contributed by atoms with E-state index in [1.54, 1.807) is 0 Å². The Hall–Kier alpha value is -1.03. The van der Waals surface area contributed by atoms with E-state index in [2.05, 4.69) is 60.7 Å². The molecule has 0 saturated carbocycles. The molecule has 0 aliphatic carbocycles. The third kappa shape index (κ3) is 4.34. The molecule has 1 atom stereocenters. The molecule has 76 valence electrons. The van der Waals surface area contributed by atoms with Gasteiger partial charge in [0, 0.05) is 0 Å². The summed E-state index contributed by atoms with van der Waals surface area (Å²) in [7, 11) is 1.94. The lowest BCUT2D eigenvalue weighted by Crippen LogP contribution is -2.01. The second-order valence-corrected chi connectivity index (χ2v) is 4.26. The molecule has 2 aromatic rings. The first-order chi connectivity index (χ1) is 7.45. The zero-order valence-electron chi connectivity index (χ0n) is 8.26. The summed E-state index contributed by atoms with van der Waals surface area (Å²) in [6, 6.07) is 21.2. The first kappa shape index (κ1) is 12.0. The maximum atomic E-state index is 8.17. The van der Waals surface area contributed by atoms with Crippen LogP contribution in [0.4, 0.5) is 0 Å². The zero-order chi connectivity index (χ0) is 10.9. The van der Waals surface area contributed by atoms with E-state index in [1.807, 2.05) is 0 Å². The van der Waals surface area contributed by atoms with Crippen molar-refractivity contribution >= 4 is 28.3 Å². The van der Waals surface area contributed by atoms with Gasteiger partial charge in [-0.2, -0.15) is 0 Å². The average Bonchev–Trinajstić information content (AvgIpc) is 2.34. The van der Waals surface area contributed by atoms with Crippen molar-refractivity contribution in [2.75, 3.05) is 0 Å². The fraction of sp³-hybridized carbons (Fsp3) is 0. The lowest BCUT2D eigenvalue weighted by molar-refractivity contribution is 0.607. The fourth-order valence-corrected chi connectivity index (χ4v) is 2.26. The topological polar surface area (TPSA) is 17.1 Å². The quantitative estimate of drug-likeness (QED) is 0.731. The second kappa shape index (κ2) is 7.29. The average molecular weight is 235 g/mol. The van der Waals surface area contributed by atoms with Gasteiger partial charge < -0.3 is 0 Å². The third-order valence-electron chi connectivity index (χ3n) is 1.84. The highest BCUT2D eigenvalue weighted by molar-refractivity contribution is 7.55. The van der Waals surface area contributed by atoms with Crippen molar-refractivity contribution in [3.05, 3.63) is 60.7 Å². The van der Waals surface area contributed by atoms with Crippen LogP contribution in [-0.2, 0) is 4.57 Å². The van der Waals surface area contributed by atoms with E-state index >= 15 is 0 Å². The van der Waals surface area contributed by atoms with E-state index in [9.17, 15) is 0 Å². The molecule has 0 aliphatic rings. The van der Waals surface area contributed by atoms with Gasteiger partial charge in [0.05, 0.1) is 0 Å². The van der Waals surface area contributed by atoms with Crippen LogP contribution in [0, 0.1) is 0 Å². The Morgan fingerprint density at radius 3 is 1.33 bits per heavy atom. The molecule has 0 saturated heterocycles. The molecule has 0 heterocycles. The van der Waals surface area contributed by atoms with Gasteiger partial charge in [0.15, 0.2) is 0 Å². The van der Waals surface area contributed by atoms with Crippen LogP contribution in [0.15, 0.2) is 60.7 Å². The molecule has 0 fully saturated rings. The minimum Gasteiger partial charge on any atom is -0.0801 e. The minimum absolute atomic E-state index is 0.777. The van der Waals surface area contributed by atoms with Gasteiger partial charge in [0.1, 0.15) is 0 Å². The van der Waals surface area contributed by atoms with Crippen molar-refractivity contribution in [3.8, 4) is 0 Å². The summed E-state index contributed by atoms with van der Waals surface area (Å²) < 4.78 is 8.17. The van der Waals surface area contributed by atoms with Crippen molar-refractivity contribution in [1.82, 2.24) is 0 Å². The Labute approximate surface area is 93.9 Å². The van der Waals surface area contributed by atoms with Gasteiger partial charge in [0.25, 0.3) is 0 Å². The molecule has 0 spiro atoms. The highest BCUT2D eigenvalue weighted by Gasteiger charge is 1.92. The summed E-state index contributed by atoms with van der Waals surface area (Å²) in [6.07, 6.45) is 0. The number of hydrogen-bond acceptors (Lipinski definition) is 1. The molecule has 1 unspecified atom stereocenters. The van der Waals surface area contributed by atoms with E-state index < -0.39 is 0 Å². The highest BCUT2D eigenvalue weighted by Crippen LogP contribution is 2.08. The van der Waals surface area contributed by atoms with Crippen molar-refractivity contribution in [2.45, 2.75) is 0 Å². The number of rotatable bonds is 2. The van der Waals surface area contributed by atoms with Gasteiger partial charge >= 0.3 is 9.12 Å². The van der Waals surface area contributed by atoms with Gasteiger partial charge in [-0.3, -0.25) is 0 Å². The standard InChI is InChI=1S/C12H11P.H2OP/c1-3-7-11(8-4-1)13-12-9-5-2-6-10-12;1-2/h1-10,13H;2H2/q;+1. The summed E-state index contributed by atoms with van der Waals surface area (Å²) in [5.41, 5.74) is 0. The largest absolute Gasteiger partial charge is 0.310 e. The Morgan fingerprint density at radius 2 is 1.00 bits per heavy atom. The minimum atomic E-state index is 0.777. The normalized spacial score (nSPS) is 8.80. The van der Waals surface area contributed by atoms with E-state index in [0.29, 0.717) is 0 Å². The zero-order valence-corrected chi connectivity index (χ0v) is 10.4. The Bertz CT molecular complexity index is 338. The second-order valence-electron chi connectivity index (χ2n) is 2.86. The van der Waals surface area contributed by atoms with E-state index in [0.717, 1.165) is 8.58 Å². The summed E-state index contributed by atoms with van der Waals surface area (Å²) in [6.45, 7) is 0. The molecular weight excluding hydrogens is 222 g/mol.